The van der Waals surface area contributed by atoms with Crippen molar-refractivity contribution in [2.45, 2.75) is 6.61 Å². The molecule has 1 aromatic heterocycles. The van der Waals surface area contributed by atoms with Gasteiger partial charge >= 0.3 is 0 Å². The van der Waals surface area contributed by atoms with Crippen LogP contribution >= 0.6 is 11.6 Å². The Kier molecular flexibility index (Phi) is 3.81. The second-order valence-electron chi connectivity index (χ2n) is 6.76. The molecule has 1 N–H and O–H groups in total. The number of carbonyl (C=O) groups is 1. The summed E-state index contributed by atoms with van der Waals surface area (Å²) in [4.78, 5) is 28.1. The molecule has 0 radical (unpaired) electrons. The van der Waals surface area contributed by atoms with Crippen LogP contribution in [0.1, 0.15) is 21.5 Å². The van der Waals surface area contributed by atoms with Crippen molar-refractivity contribution >= 4 is 28.3 Å². The number of ether oxygens (including phenoxy) is 1. The first-order valence-corrected chi connectivity index (χ1v) is 9.20. The lowest BCUT2D eigenvalue weighted by atomic mass is 9.96. The predicted molar refractivity (Wildman–Crippen MR) is 109 cm³/mol. The molecule has 0 spiro atoms. The number of carbonyl (C=O) groups excluding carboxylic acids is 1. The first-order chi connectivity index (χ1) is 13.6. The number of halogens is 1. The Morgan fingerprint density at radius 3 is 2.57 bits per heavy atom. The highest BCUT2D eigenvalue weighted by atomic mass is 35.5. The first-order valence-electron chi connectivity index (χ1n) is 8.82. The molecule has 1 aliphatic heterocycles. The van der Waals surface area contributed by atoms with E-state index >= 15 is 0 Å². The largest absolute Gasteiger partial charge is 0.489 e. The molecule has 136 valence electrons. The molecule has 1 aliphatic rings. The minimum absolute atomic E-state index is 0.108. The number of fused-ring (bicyclic) bond motifs is 6. The summed E-state index contributed by atoms with van der Waals surface area (Å²) in [5, 5.41) is 1.35. The number of hydrogen-bond acceptors (Lipinski definition) is 3. The van der Waals surface area contributed by atoms with E-state index in [1.54, 1.807) is 36.4 Å². The maximum atomic E-state index is 13.1. The summed E-state index contributed by atoms with van der Waals surface area (Å²) in [5.41, 5.74) is 3.90. The van der Waals surface area contributed by atoms with Gasteiger partial charge in [0, 0.05) is 38.7 Å². The van der Waals surface area contributed by atoms with E-state index in [2.05, 4.69) is 4.98 Å². The van der Waals surface area contributed by atoms with E-state index in [1.165, 1.54) is 0 Å². The van der Waals surface area contributed by atoms with E-state index in [0.29, 0.717) is 27.4 Å². The maximum absolute atomic E-state index is 13.1. The van der Waals surface area contributed by atoms with Gasteiger partial charge in [0.25, 0.3) is 0 Å². The van der Waals surface area contributed by atoms with Crippen molar-refractivity contribution in [1.29, 1.82) is 0 Å². The highest BCUT2D eigenvalue weighted by molar-refractivity contribution is 6.31. The lowest BCUT2D eigenvalue weighted by Crippen LogP contribution is -2.07. The Balaban J connectivity index is 1.85. The molecule has 3 aromatic carbocycles. The molecule has 0 fully saturated rings. The number of aromatic nitrogens is 1. The molecule has 0 amide bonds. The lowest BCUT2D eigenvalue weighted by molar-refractivity contribution is 0.103. The lowest BCUT2D eigenvalue weighted by Gasteiger charge is -2.10. The standard InChI is InChI=1S/C23H14ClNO3/c24-20-6-4-14-8-16(20)12-28-17-3-1-2-13(9-17)18-11-22(26)25-21-7-5-15(23(14)27)10-19(18)21/h1-11H,12H2,(H,25,26). The number of hydrogen-bond donors (Lipinski definition) is 1. The molecule has 4 nitrogen and oxygen atoms in total. The van der Waals surface area contributed by atoms with Crippen molar-refractivity contribution in [2.75, 3.05) is 0 Å². The van der Waals surface area contributed by atoms with Gasteiger partial charge in [0.15, 0.2) is 5.78 Å². The van der Waals surface area contributed by atoms with Crippen LogP contribution in [0.15, 0.2) is 71.5 Å². The maximum Gasteiger partial charge on any atom is 0.249 e. The molecular formula is C23H14ClNO3. The Bertz CT molecular complexity index is 1320. The molecule has 2 heterocycles. The minimum Gasteiger partial charge on any atom is -0.489 e. The quantitative estimate of drug-likeness (QED) is 0.463. The molecule has 0 saturated carbocycles. The monoisotopic (exact) mass is 387 g/mol. The smallest absolute Gasteiger partial charge is 0.249 e. The summed E-state index contributed by atoms with van der Waals surface area (Å²) in [6.07, 6.45) is 0. The summed E-state index contributed by atoms with van der Waals surface area (Å²) in [5.74, 6) is 0.553. The topological polar surface area (TPSA) is 59.2 Å². The number of rotatable bonds is 0. The number of pyridine rings is 1. The Morgan fingerprint density at radius 2 is 1.68 bits per heavy atom. The van der Waals surface area contributed by atoms with E-state index in [9.17, 15) is 9.59 Å². The van der Waals surface area contributed by atoms with Crippen LogP contribution in [0, 0.1) is 0 Å². The summed E-state index contributed by atoms with van der Waals surface area (Å²) >= 11 is 6.30. The van der Waals surface area contributed by atoms with Crippen molar-refractivity contribution in [3.05, 3.63) is 98.8 Å². The van der Waals surface area contributed by atoms with Crippen molar-refractivity contribution < 1.29 is 9.53 Å². The Labute approximate surface area is 165 Å². The van der Waals surface area contributed by atoms with E-state index < -0.39 is 0 Å². The highest BCUT2D eigenvalue weighted by Gasteiger charge is 2.16. The van der Waals surface area contributed by atoms with Crippen LogP contribution < -0.4 is 10.3 Å². The molecule has 0 saturated heterocycles. The first kappa shape index (κ1) is 16.8. The van der Waals surface area contributed by atoms with Gasteiger partial charge < -0.3 is 9.72 Å². The third kappa shape index (κ3) is 2.79. The number of benzene rings is 3. The van der Waals surface area contributed by atoms with Gasteiger partial charge in [0.05, 0.1) is 0 Å². The predicted octanol–water partition coefficient (Wildman–Crippen LogP) is 4.97. The molecule has 0 unspecified atom stereocenters. The highest BCUT2D eigenvalue weighted by Crippen LogP contribution is 2.31. The summed E-state index contributed by atoms with van der Waals surface area (Å²) in [6.45, 7) is 0.242. The average Bonchev–Trinajstić information content (AvgIpc) is 2.71. The Hall–Kier alpha value is -3.37. The number of H-pyrrole nitrogens is 1. The van der Waals surface area contributed by atoms with Gasteiger partial charge in [-0.15, -0.1) is 0 Å². The SMILES string of the molecule is O=C1c2ccc(Cl)c(c2)COc2cccc(c2)-c2cc(=O)[nH]c3ccc1cc23. The average molecular weight is 388 g/mol. The van der Waals surface area contributed by atoms with E-state index in [0.717, 1.165) is 22.1 Å². The van der Waals surface area contributed by atoms with Gasteiger partial charge in [-0.1, -0.05) is 23.7 Å². The number of nitrogens with one attached hydrogen (secondary N) is 1. The molecule has 0 aliphatic carbocycles. The molecule has 0 atom stereocenters. The van der Waals surface area contributed by atoms with Crippen LogP contribution in [0.4, 0.5) is 0 Å². The van der Waals surface area contributed by atoms with Crippen LogP contribution in [-0.2, 0) is 6.61 Å². The van der Waals surface area contributed by atoms with Crippen LogP contribution in [-0.4, -0.2) is 10.8 Å². The third-order valence-electron chi connectivity index (χ3n) is 4.95. The Morgan fingerprint density at radius 1 is 0.857 bits per heavy atom. The van der Waals surface area contributed by atoms with E-state index in [1.807, 2.05) is 30.3 Å². The minimum atomic E-state index is -0.198. The van der Waals surface area contributed by atoms with Gasteiger partial charge in [-0.25, -0.2) is 0 Å². The summed E-state index contributed by atoms with van der Waals surface area (Å²) < 4.78 is 5.92. The van der Waals surface area contributed by atoms with Gasteiger partial charge in [-0.3, -0.25) is 9.59 Å². The fourth-order valence-corrected chi connectivity index (χ4v) is 3.71. The van der Waals surface area contributed by atoms with Crippen LogP contribution in [0.3, 0.4) is 0 Å². The zero-order valence-corrected chi connectivity index (χ0v) is 15.4. The zero-order chi connectivity index (χ0) is 19.3. The number of aromatic amines is 1. The normalized spacial score (nSPS) is 12.8. The van der Waals surface area contributed by atoms with E-state index in [4.69, 9.17) is 16.3 Å². The van der Waals surface area contributed by atoms with E-state index in [-0.39, 0.29) is 17.9 Å². The van der Waals surface area contributed by atoms with Gasteiger partial charge in [-0.2, -0.15) is 0 Å². The summed E-state index contributed by atoms with van der Waals surface area (Å²) in [6, 6.07) is 19.6. The van der Waals surface area contributed by atoms with Gasteiger partial charge in [0.1, 0.15) is 12.4 Å². The van der Waals surface area contributed by atoms with Crippen LogP contribution in [0.5, 0.6) is 5.75 Å². The summed E-state index contributed by atoms with van der Waals surface area (Å²) in [7, 11) is 0. The second-order valence-corrected chi connectivity index (χ2v) is 7.17. The zero-order valence-electron chi connectivity index (χ0n) is 14.7. The van der Waals surface area contributed by atoms with Crippen molar-refractivity contribution in [3.63, 3.8) is 0 Å². The number of ketones is 1. The molecule has 28 heavy (non-hydrogen) atoms. The molecule has 6 bridgehead atoms. The van der Waals surface area contributed by atoms with Crippen LogP contribution in [0.25, 0.3) is 22.0 Å². The van der Waals surface area contributed by atoms with Gasteiger partial charge in [-0.05, 0) is 59.7 Å². The van der Waals surface area contributed by atoms with Crippen molar-refractivity contribution in [2.24, 2.45) is 0 Å². The van der Waals surface area contributed by atoms with Crippen molar-refractivity contribution in [1.82, 2.24) is 4.98 Å². The fourth-order valence-electron chi connectivity index (χ4n) is 3.54. The van der Waals surface area contributed by atoms with Crippen molar-refractivity contribution in [3.8, 4) is 16.9 Å². The molecule has 5 heteroatoms. The second kappa shape index (κ2) is 6.36. The third-order valence-corrected chi connectivity index (χ3v) is 5.32. The molecule has 4 aromatic rings. The fraction of sp³-hybridized carbons (Fsp3) is 0.0435. The van der Waals surface area contributed by atoms with Gasteiger partial charge in [0.2, 0.25) is 5.56 Å². The van der Waals surface area contributed by atoms with Crippen LogP contribution in [0.2, 0.25) is 5.02 Å². The molecular weight excluding hydrogens is 374 g/mol. The molecule has 5 rings (SSSR count).